The van der Waals surface area contributed by atoms with Crippen molar-refractivity contribution in [2.45, 2.75) is 13.5 Å². The lowest BCUT2D eigenvalue weighted by Gasteiger charge is -2.05. The Labute approximate surface area is 130 Å². The Hall–Kier alpha value is -2.45. The summed E-state index contributed by atoms with van der Waals surface area (Å²) in [5, 5.41) is 21.9. The number of nitrogens with one attached hydrogen (secondary N) is 1. The van der Waals surface area contributed by atoms with E-state index in [4.69, 9.17) is 9.63 Å². The van der Waals surface area contributed by atoms with E-state index in [0.717, 1.165) is 10.6 Å². The Bertz CT molecular complexity index is 776. The maximum Gasteiger partial charge on any atom is 0.295 e. The molecule has 0 spiro atoms. The molecule has 0 aliphatic carbocycles. The van der Waals surface area contributed by atoms with Gasteiger partial charge in [-0.05, 0) is 18.4 Å². The van der Waals surface area contributed by atoms with Crippen LogP contribution in [0, 0.1) is 6.92 Å². The minimum Gasteiger partial charge on any atom is -0.394 e. The topological polar surface area (TPSA) is 93.2 Å². The number of hydrogen-bond donors (Lipinski definition) is 2. The van der Waals surface area contributed by atoms with Gasteiger partial charge in [0.05, 0.1) is 23.7 Å². The maximum atomic E-state index is 12.1. The van der Waals surface area contributed by atoms with Gasteiger partial charge in [0, 0.05) is 12.1 Å². The lowest BCUT2D eigenvalue weighted by atomic mass is 10.3. The first-order valence-electron chi connectivity index (χ1n) is 6.64. The zero-order valence-electron chi connectivity index (χ0n) is 11.8. The van der Waals surface area contributed by atoms with Crippen molar-refractivity contribution in [2.24, 2.45) is 0 Å². The monoisotopic (exact) mass is 318 g/mol. The molecule has 3 rings (SSSR count). The number of aliphatic hydroxyl groups excluding tert-OH is 1. The fourth-order valence-corrected chi connectivity index (χ4v) is 2.66. The van der Waals surface area contributed by atoms with Crippen LogP contribution in [0.5, 0.6) is 0 Å². The molecule has 0 aliphatic heterocycles. The molecule has 3 aromatic rings. The summed E-state index contributed by atoms with van der Waals surface area (Å²) in [6.07, 6.45) is 0. The van der Waals surface area contributed by atoms with Gasteiger partial charge in [-0.2, -0.15) is 5.10 Å². The molecule has 3 aromatic heterocycles. The van der Waals surface area contributed by atoms with Gasteiger partial charge in [0.1, 0.15) is 11.5 Å². The summed E-state index contributed by atoms with van der Waals surface area (Å²) in [6, 6.07) is 7.20. The molecule has 0 unspecified atom stereocenters. The van der Waals surface area contributed by atoms with Crippen molar-refractivity contribution in [1.82, 2.24) is 14.9 Å². The normalized spacial score (nSPS) is 10.8. The second-order valence-corrected chi connectivity index (χ2v) is 5.57. The van der Waals surface area contributed by atoms with Crippen LogP contribution in [0.2, 0.25) is 0 Å². The van der Waals surface area contributed by atoms with Gasteiger partial charge >= 0.3 is 0 Å². The third-order valence-corrected chi connectivity index (χ3v) is 3.85. The highest BCUT2D eigenvalue weighted by Crippen LogP contribution is 2.26. The lowest BCUT2D eigenvalue weighted by Crippen LogP contribution is -2.16. The van der Waals surface area contributed by atoms with E-state index < -0.39 is 5.91 Å². The molecule has 0 fully saturated rings. The Morgan fingerprint density at radius 1 is 1.50 bits per heavy atom. The van der Waals surface area contributed by atoms with Crippen molar-refractivity contribution in [3.8, 4) is 10.6 Å². The van der Waals surface area contributed by atoms with E-state index in [-0.39, 0.29) is 18.9 Å². The number of amides is 1. The van der Waals surface area contributed by atoms with E-state index in [2.05, 4.69) is 15.6 Å². The quantitative estimate of drug-likeness (QED) is 0.752. The number of thiophene rings is 1. The van der Waals surface area contributed by atoms with Crippen LogP contribution >= 0.6 is 11.3 Å². The minimum atomic E-state index is -0.405. The van der Waals surface area contributed by atoms with Gasteiger partial charge in [0.25, 0.3) is 5.91 Å². The first-order valence-corrected chi connectivity index (χ1v) is 7.52. The van der Waals surface area contributed by atoms with E-state index in [0.29, 0.717) is 11.5 Å². The summed E-state index contributed by atoms with van der Waals surface area (Å²) in [5.74, 6) is 0.223. The summed E-state index contributed by atoms with van der Waals surface area (Å²) < 4.78 is 6.49. The van der Waals surface area contributed by atoms with Crippen molar-refractivity contribution < 1.29 is 14.4 Å². The zero-order chi connectivity index (χ0) is 15.5. The molecule has 3 heterocycles. The summed E-state index contributed by atoms with van der Waals surface area (Å²) in [5.41, 5.74) is 1.38. The van der Waals surface area contributed by atoms with Crippen LogP contribution < -0.4 is 5.32 Å². The first-order chi connectivity index (χ1) is 10.7. The smallest absolute Gasteiger partial charge is 0.295 e. The zero-order valence-corrected chi connectivity index (χ0v) is 12.6. The molecular weight excluding hydrogens is 304 g/mol. The Morgan fingerprint density at radius 3 is 3.00 bits per heavy atom. The van der Waals surface area contributed by atoms with E-state index in [1.165, 1.54) is 0 Å². The van der Waals surface area contributed by atoms with E-state index in [9.17, 15) is 4.79 Å². The molecule has 0 atom stereocenters. The summed E-state index contributed by atoms with van der Waals surface area (Å²) in [7, 11) is 0. The number of hydrogen-bond acceptors (Lipinski definition) is 6. The molecule has 0 bridgehead atoms. The van der Waals surface area contributed by atoms with Gasteiger partial charge in [-0.15, -0.1) is 11.3 Å². The van der Waals surface area contributed by atoms with Crippen LogP contribution in [0.4, 0.5) is 5.82 Å². The highest BCUT2D eigenvalue weighted by molar-refractivity contribution is 7.13. The van der Waals surface area contributed by atoms with E-state index in [1.54, 1.807) is 35.1 Å². The van der Waals surface area contributed by atoms with Gasteiger partial charge in [-0.1, -0.05) is 11.2 Å². The summed E-state index contributed by atoms with van der Waals surface area (Å²) in [6.45, 7) is 1.96. The highest BCUT2D eigenvalue weighted by atomic mass is 32.1. The number of aryl methyl sites for hydroxylation is 1. The van der Waals surface area contributed by atoms with Crippen molar-refractivity contribution in [3.05, 3.63) is 41.1 Å². The second kappa shape index (κ2) is 6.12. The van der Waals surface area contributed by atoms with Crippen LogP contribution in [-0.2, 0) is 6.54 Å². The van der Waals surface area contributed by atoms with Crippen molar-refractivity contribution in [2.75, 3.05) is 11.9 Å². The fourth-order valence-electron chi connectivity index (χ4n) is 1.98. The third-order valence-electron chi connectivity index (χ3n) is 2.96. The molecule has 0 radical (unpaired) electrons. The molecule has 0 saturated carbocycles. The van der Waals surface area contributed by atoms with Crippen molar-refractivity contribution in [3.63, 3.8) is 0 Å². The largest absolute Gasteiger partial charge is 0.394 e. The molecule has 8 heteroatoms. The summed E-state index contributed by atoms with van der Waals surface area (Å²) in [4.78, 5) is 13.1. The van der Waals surface area contributed by atoms with Gasteiger partial charge in [0.15, 0.2) is 0 Å². The number of carbonyl (C=O) groups excluding carboxylic acids is 1. The SMILES string of the molecule is Cc1cc(C(=O)Nc2cc(-c3cccs3)nn2CCO)on1. The number of anilines is 1. The predicted octanol–water partition coefficient (Wildman–Crippen LogP) is 2.15. The number of nitrogens with zero attached hydrogens (tertiary/aromatic N) is 3. The van der Waals surface area contributed by atoms with Crippen LogP contribution in [0.25, 0.3) is 10.6 Å². The van der Waals surface area contributed by atoms with E-state index in [1.807, 2.05) is 17.5 Å². The number of rotatable bonds is 5. The van der Waals surface area contributed by atoms with E-state index >= 15 is 0 Å². The lowest BCUT2D eigenvalue weighted by molar-refractivity contribution is 0.0986. The van der Waals surface area contributed by atoms with Gasteiger partial charge < -0.3 is 14.9 Å². The average molecular weight is 318 g/mol. The predicted molar refractivity (Wildman–Crippen MR) is 81.8 cm³/mol. The van der Waals surface area contributed by atoms with Gasteiger partial charge in [-0.25, -0.2) is 4.68 Å². The van der Waals surface area contributed by atoms with Crippen LogP contribution in [0.1, 0.15) is 16.2 Å². The molecule has 0 aliphatic rings. The molecule has 0 aromatic carbocycles. The number of aromatic nitrogens is 3. The van der Waals surface area contributed by atoms with Crippen molar-refractivity contribution >= 4 is 23.1 Å². The molecule has 0 saturated heterocycles. The standard InChI is InChI=1S/C14H14N4O3S/c1-9-7-11(21-17-9)14(20)15-13-8-10(12-3-2-6-22-12)16-18(13)4-5-19/h2-3,6-8,19H,4-5H2,1H3,(H,15,20). The third kappa shape index (κ3) is 2.92. The number of carbonyl (C=O) groups is 1. The average Bonchev–Trinajstić information content (AvgIpc) is 3.20. The first kappa shape index (κ1) is 14.5. The van der Waals surface area contributed by atoms with Crippen molar-refractivity contribution in [1.29, 1.82) is 0 Å². The Balaban J connectivity index is 1.87. The highest BCUT2D eigenvalue weighted by Gasteiger charge is 2.16. The van der Waals surface area contributed by atoms with Crippen LogP contribution in [0.15, 0.2) is 34.2 Å². The minimum absolute atomic E-state index is 0.0736. The molecule has 114 valence electrons. The van der Waals surface area contributed by atoms with Crippen LogP contribution in [0.3, 0.4) is 0 Å². The van der Waals surface area contributed by atoms with Crippen LogP contribution in [-0.4, -0.2) is 32.6 Å². The maximum absolute atomic E-state index is 12.1. The second-order valence-electron chi connectivity index (χ2n) is 4.63. The molecule has 1 amide bonds. The fraction of sp³-hybridized carbons (Fsp3) is 0.214. The Kier molecular flexibility index (Phi) is 4.03. The molecule has 2 N–H and O–H groups in total. The molecule has 7 nitrogen and oxygen atoms in total. The molecule has 22 heavy (non-hydrogen) atoms. The van der Waals surface area contributed by atoms with Gasteiger partial charge in [0.2, 0.25) is 5.76 Å². The Morgan fingerprint density at radius 2 is 2.36 bits per heavy atom. The summed E-state index contributed by atoms with van der Waals surface area (Å²) >= 11 is 1.56. The molecular formula is C14H14N4O3S. The van der Waals surface area contributed by atoms with Gasteiger partial charge in [-0.3, -0.25) is 4.79 Å². The number of aliphatic hydroxyl groups is 1.